The first-order valence-corrected chi connectivity index (χ1v) is 6.26. The van der Waals surface area contributed by atoms with Gasteiger partial charge in [-0.15, -0.1) is 5.48 Å². The normalized spacial score (nSPS) is 13.2. The zero-order valence-corrected chi connectivity index (χ0v) is 12.2. The van der Waals surface area contributed by atoms with Gasteiger partial charge in [-0.2, -0.15) is 0 Å². The highest BCUT2D eigenvalue weighted by molar-refractivity contribution is 6.67. The zero-order chi connectivity index (χ0) is 14.2. The Kier molecular flexibility index (Phi) is 8.15. The van der Waals surface area contributed by atoms with E-state index in [2.05, 4.69) is 9.57 Å². The maximum atomic E-state index is 11.3. The van der Waals surface area contributed by atoms with Gasteiger partial charge in [-0.05, 0) is 13.3 Å². The molecule has 0 fully saturated rings. The molecule has 1 atom stereocenters. The minimum atomic E-state index is -1.71. The van der Waals surface area contributed by atoms with Gasteiger partial charge in [0.2, 0.25) is 3.79 Å². The summed E-state index contributed by atoms with van der Waals surface area (Å²) in [6.45, 7) is 3.11. The third kappa shape index (κ3) is 9.39. The highest BCUT2D eigenvalue weighted by Crippen LogP contribution is 2.25. The average molecular weight is 319 g/mol. The summed E-state index contributed by atoms with van der Waals surface area (Å²) < 4.78 is 2.77. The molecule has 8 heteroatoms. The van der Waals surface area contributed by atoms with Crippen LogP contribution in [0.3, 0.4) is 0 Å². The van der Waals surface area contributed by atoms with E-state index < -0.39 is 28.4 Å². The Hall–Kier alpha value is -0.650. The highest BCUT2D eigenvalue weighted by Gasteiger charge is 2.22. The molecule has 0 aromatic carbocycles. The molecule has 104 valence electrons. The van der Waals surface area contributed by atoms with Crippen molar-refractivity contribution in [2.75, 3.05) is 6.61 Å². The molecule has 5 nitrogen and oxygen atoms in total. The number of amides is 1. The molecule has 0 aliphatic carbocycles. The highest BCUT2D eigenvalue weighted by atomic mass is 35.6. The first-order valence-electron chi connectivity index (χ1n) is 5.13. The second kappa shape index (κ2) is 8.45. The van der Waals surface area contributed by atoms with E-state index in [0.29, 0.717) is 0 Å². The molecule has 0 saturated carbocycles. The summed E-state index contributed by atoms with van der Waals surface area (Å²) in [5.41, 5.74) is 1.79. The molecule has 0 rings (SSSR count). The van der Waals surface area contributed by atoms with Crippen molar-refractivity contribution in [2.24, 2.45) is 5.92 Å². The van der Waals surface area contributed by atoms with E-state index >= 15 is 0 Å². The summed E-state index contributed by atoms with van der Waals surface area (Å²) in [6.07, 6.45) is 3.27. The van der Waals surface area contributed by atoms with Crippen LogP contribution in [0.5, 0.6) is 0 Å². The largest absolute Gasteiger partial charge is 0.443 e. The quantitative estimate of drug-likeness (QED) is 0.491. The van der Waals surface area contributed by atoms with Crippen LogP contribution >= 0.6 is 34.8 Å². The number of hydrogen-bond donors (Lipinski definition) is 1. The SMILES string of the molecule is CC/C=C/[C@H](C)C(=O)ONC(=O)OCC(Cl)(Cl)Cl. The van der Waals surface area contributed by atoms with Crippen molar-refractivity contribution in [2.45, 2.75) is 24.1 Å². The van der Waals surface area contributed by atoms with Crippen LogP contribution < -0.4 is 5.48 Å². The molecule has 0 aromatic rings. The molecular weight excluding hydrogens is 304 g/mol. The lowest BCUT2D eigenvalue weighted by Gasteiger charge is -2.12. The zero-order valence-electron chi connectivity index (χ0n) is 9.91. The van der Waals surface area contributed by atoms with Crippen LogP contribution in [0, 0.1) is 5.92 Å². The van der Waals surface area contributed by atoms with Gasteiger partial charge in [-0.25, -0.2) is 9.59 Å². The summed E-state index contributed by atoms with van der Waals surface area (Å²) in [5.74, 6) is -1.09. The average Bonchev–Trinajstić information content (AvgIpc) is 2.29. The van der Waals surface area contributed by atoms with E-state index in [4.69, 9.17) is 34.8 Å². The Bertz CT molecular complexity index is 315. The van der Waals surface area contributed by atoms with Crippen molar-refractivity contribution in [3.63, 3.8) is 0 Å². The number of ether oxygens (including phenoxy) is 1. The monoisotopic (exact) mass is 317 g/mol. The predicted octanol–water partition coefficient (Wildman–Crippen LogP) is 3.14. The summed E-state index contributed by atoms with van der Waals surface area (Å²) >= 11 is 16.1. The third-order valence-electron chi connectivity index (χ3n) is 1.63. The number of carbonyl (C=O) groups is 2. The van der Waals surface area contributed by atoms with Crippen molar-refractivity contribution >= 4 is 46.9 Å². The molecule has 0 spiro atoms. The number of hydrogen-bond acceptors (Lipinski definition) is 4. The van der Waals surface area contributed by atoms with Crippen molar-refractivity contribution in [3.05, 3.63) is 12.2 Å². The van der Waals surface area contributed by atoms with Crippen molar-refractivity contribution in [1.82, 2.24) is 5.48 Å². The molecule has 0 aliphatic heterocycles. The maximum Gasteiger partial charge on any atom is 0.440 e. The molecule has 0 aromatic heterocycles. The molecule has 0 unspecified atom stereocenters. The van der Waals surface area contributed by atoms with Crippen LogP contribution in [0.15, 0.2) is 12.2 Å². The maximum absolute atomic E-state index is 11.3. The Balaban J connectivity index is 3.92. The summed E-state index contributed by atoms with van der Waals surface area (Å²) in [4.78, 5) is 26.8. The molecular formula is C10H14Cl3NO4. The molecule has 0 heterocycles. The number of halogens is 3. The van der Waals surface area contributed by atoms with Gasteiger partial charge in [0.25, 0.3) is 0 Å². The smallest absolute Gasteiger partial charge is 0.440 e. The molecule has 0 saturated heterocycles. The van der Waals surface area contributed by atoms with Crippen LogP contribution in [0.1, 0.15) is 20.3 Å². The number of alkyl halides is 3. The third-order valence-corrected chi connectivity index (χ3v) is 1.96. The molecule has 0 radical (unpaired) electrons. The molecule has 1 N–H and O–H groups in total. The van der Waals surface area contributed by atoms with Gasteiger partial charge in [-0.1, -0.05) is 53.9 Å². The first kappa shape index (κ1) is 17.4. The molecule has 18 heavy (non-hydrogen) atoms. The molecule has 1 amide bonds. The van der Waals surface area contributed by atoms with Crippen LogP contribution in [0.2, 0.25) is 0 Å². The van der Waals surface area contributed by atoms with Crippen LogP contribution in [0.25, 0.3) is 0 Å². The van der Waals surface area contributed by atoms with Crippen LogP contribution in [-0.2, 0) is 14.4 Å². The van der Waals surface area contributed by atoms with Gasteiger partial charge in [0.15, 0.2) is 0 Å². The second-order valence-electron chi connectivity index (χ2n) is 3.34. The van der Waals surface area contributed by atoms with E-state index in [1.165, 1.54) is 0 Å². The Morgan fingerprint density at radius 2 is 2.00 bits per heavy atom. The van der Waals surface area contributed by atoms with Gasteiger partial charge >= 0.3 is 12.1 Å². The summed E-state index contributed by atoms with van der Waals surface area (Å²) in [6, 6.07) is 0. The fourth-order valence-corrected chi connectivity index (χ4v) is 0.944. The number of hydroxylamine groups is 1. The van der Waals surface area contributed by atoms with Gasteiger partial charge in [0, 0.05) is 0 Å². The summed E-state index contributed by atoms with van der Waals surface area (Å²) in [7, 11) is 0. The topological polar surface area (TPSA) is 64.6 Å². The minimum Gasteiger partial charge on any atom is -0.443 e. The van der Waals surface area contributed by atoms with E-state index in [9.17, 15) is 9.59 Å². The number of rotatable bonds is 4. The fourth-order valence-electron chi connectivity index (χ4n) is 0.781. The molecule has 0 aliphatic rings. The first-order chi connectivity index (χ1) is 8.26. The lowest BCUT2D eigenvalue weighted by molar-refractivity contribution is -0.152. The van der Waals surface area contributed by atoms with E-state index in [1.807, 2.05) is 13.0 Å². The fraction of sp³-hybridized carbons (Fsp3) is 0.600. The lowest BCUT2D eigenvalue weighted by Crippen LogP contribution is -2.31. The predicted molar refractivity (Wildman–Crippen MR) is 69.5 cm³/mol. The summed E-state index contributed by atoms with van der Waals surface area (Å²) in [5, 5.41) is 0. The lowest BCUT2D eigenvalue weighted by atomic mass is 10.1. The minimum absolute atomic E-state index is 0.452. The van der Waals surface area contributed by atoms with Gasteiger partial charge in [0.1, 0.15) is 6.61 Å². The van der Waals surface area contributed by atoms with Crippen LogP contribution in [-0.4, -0.2) is 22.5 Å². The Morgan fingerprint density at radius 1 is 1.39 bits per heavy atom. The number of carbonyl (C=O) groups excluding carboxylic acids is 2. The van der Waals surface area contributed by atoms with Crippen molar-refractivity contribution < 1.29 is 19.2 Å². The Morgan fingerprint density at radius 3 is 2.50 bits per heavy atom. The van der Waals surface area contributed by atoms with Crippen LogP contribution in [0.4, 0.5) is 4.79 Å². The van der Waals surface area contributed by atoms with E-state index in [0.717, 1.165) is 6.42 Å². The van der Waals surface area contributed by atoms with Crippen molar-refractivity contribution in [3.8, 4) is 0 Å². The van der Waals surface area contributed by atoms with Gasteiger partial charge in [0.05, 0.1) is 5.92 Å². The van der Waals surface area contributed by atoms with Crippen molar-refractivity contribution in [1.29, 1.82) is 0 Å². The number of nitrogens with one attached hydrogen (secondary N) is 1. The van der Waals surface area contributed by atoms with Gasteiger partial charge < -0.3 is 9.57 Å². The molecule has 0 bridgehead atoms. The second-order valence-corrected chi connectivity index (χ2v) is 5.86. The number of allylic oxidation sites excluding steroid dienone is 1. The van der Waals surface area contributed by atoms with E-state index in [1.54, 1.807) is 18.5 Å². The van der Waals surface area contributed by atoms with Gasteiger partial charge in [-0.3, -0.25) is 0 Å². The standard InChI is InChI=1S/C10H14Cl3NO4/c1-3-4-5-7(2)8(15)18-14-9(16)17-6-10(11,12)13/h4-5,7H,3,6H2,1-2H3,(H,14,16)/b5-4+/t7-/m0/s1. The Labute approximate surface area is 120 Å². The van der Waals surface area contributed by atoms with E-state index in [-0.39, 0.29) is 0 Å².